The predicted octanol–water partition coefficient (Wildman–Crippen LogP) is 20.4. The Kier molecular flexibility index (Phi) is 59.4. The van der Waals surface area contributed by atoms with Crippen molar-refractivity contribution in [1.82, 2.24) is 5.32 Å². The Morgan fingerprint density at radius 3 is 0.871 bits per heavy atom. The second kappa shape index (κ2) is 60.4. The van der Waals surface area contributed by atoms with Crippen molar-refractivity contribution in [3.8, 4) is 0 Å². The summed E-state index contributed by atoms with van der Waals surface area (Å²) >= 11 is 0. The van der Waals surface area contributed by atoms with E-state index in [1.54, 1.807) is 0 Å². The maximum atomic E-state index is 12.5. The van der Waals surface area contributed by atoms with Gasteiger partial charge in [-0.3, -0.25) is 4.79 Å². The van der Waals surface area contributed by atoms with Crippen LogP contribution in [0.3, 0.4) is 0 Å². The Hall–Kier alpha value is -1.17. The van der Waals surface area contributed by atoms with Gasteiger partial charge >= 0.3 is 0 Å². The van der Waals surface area contributed by atoms with Gasteiger partial charge in [0, 0.05) is 6.42 Å². The smallest absolute Gasteiger partial charge is 0.220 e. The van der Waals surface area contributed by atoms with Crippen molar-refractivity contribution in [2.24, 2.45) is 0 Å². The van der Waals surface area contributed by atoms with Crippen molar-refractivity contribution in [3.05, 3.63) is 24.3 Å². The number of hydrogen-bond donors (Lipinski definition) is 4. The van der Waals surface area contributed by atoms with E-state index >= 15 is 0 Å². The number of amides is 1. The van der Waals surface area contributed by atoms with E-state index in [0.29, 0.717) is 12.8 Å². The summed E-state index contributed by atoms with van der Waals surface area (Å²) < 4.78 is 0. The van der Waals surface area contributed by atoms with Gasteiger partial charge in [0.05, 0.1) is 18.8 Å². The maximum Gasteiger partial charge on any atom is 0.220 e. The number of carbonyl (C=O) groups is 1. The molecule has 0 aromatic carbocycles. The molecule has 0 radical (unpaired) electrons. The van der Waals surface area contributed by atoms with Gasteiger partial charge in [-0.05, 0) is 51.4 Å². The van der Waals surface area contributed by atoms with Crippen LogP contribution in [0.15, 0.2) is 24.3 Å². The van der Waals surface area contributed by atoms with Crippen molar-refractivity contribution in [2.45, 2.75) is 379 Å². The molecule has 0 aliphatic heterocycles. The fourth-order valence-corrected chi connectivity index (χ4v) is 10.4. The molecule has 0 heterocycles. The quantitative estimate of drug-likeness (QED) is 0.0361. The average molecular weight is 987 g/mol. The number of allylic oxidation sites excluding steroid dienone is 4. The van der Waals surface area contributed by atoms with Gasteiger partial charge < -0.3 is 20.6 Å². The molecule has 0 saturated carbocycles. The summed E-state index contributed by atoms with van der Waals surface area (Å²) in [7, 11) is 0. The first-order valence-corrected chi connectivity index (χ1v) is 32.1. The molecule has 0 saturated heterocycles. The van der Waals surface area contributed by atoms with Crippen LogP contribution in [0.4, 0.5) is 0 Å². The van der Waals surface area contributed by atoms with E-state index in [0.717, 1.165) is 44.9 Å². The largest absolute Gasteiger partial charge is 0.394 e. The van der Waals surface area contributed by atoms with E-state index in [1.807, 2.05) is 0 Å². The molecule has 0 aromatic rings. The van der Waals surface area contributed by atoms with Gasteiger partial charge in [0.15, 0.2) is 0 Å². The third-order valence-electron chi connectivity index (χ3n) is 15.3. The molecule has 0 rings (SSSR count). The summed E-state index contributed by atoms with van der Waals surface area (Å²) in [6, 6.07) is -0.831. The molecule has 3 unspecified atom stereocenters. The zero-order valence-electron chi connectivity index (χ0n) is 47.7. The van der Waals surface area contributed by atoms with Crippen molar-refractivity contribution in [2.75, 3.05) is 6.61 Å². The van der Waals surface area contributed by atoms with Gasteiger partial charge in [-0.1, -0.05) is 327 Å². The van der Waals surface area contributed by atoms with Gasteiger partial charge in [0.25, 0.3) is 0 Å². The lowest BCUT2D eigenvalue weighted by atomic mass is 10.0. The Bertz CT molecular complexity index is 1040. The van der Waals surface area contributed by atoms with Crippen LogP contribution < -0.4 is 5.32 Å². The van der Waals surface area contributed by atoms with Crippen LogP contribution >= 0.6 is 0 Å². The summed E-state index contributed by atoms with van der Waals surface area (Å²) in [5.74, 6) is -0.151. The van der Waals surface area contributed by atoms with E-state index in [2.05, 4.69) is 43.5 Å². The van der Waals surface area contributed by atoms with E-state index < -0.39 is 18.2 Å². The Morgan fingerprint density at radius 1 is 0.343 bits per heavy atom. The van der Waals surface area contributed by atoms with Crippen molar-refractivity contribution >= 4 is 5.91 Å². The molecule has 4 N–H and O–H groups in total. The van der Waals surface area contributed by atoms with Crippen LogP contribution in [0.5, 0.6) is 0 Å². The highest BCUT2D eigenvalue weighted by molar-refractivity contribution is 5.76. The topological polar surface area (TPSA) is 89.8 Å². The second-order valence-electron chi connectivity index (χ2n) is 22.3. The normalized spacial score (nSPS) is 13.3. The first-order chi connectivity index (χ1) is 34.6. The lowest BCUT2D eigenvalue weighted by Gasteiger charge is -2.26. The highest BCUT2D eigenvalue weighted by atomic mass is 16.3. The van der Waals surface area contributed by atoms with E-state index in [4.69, 9.17) is 0 Å². The molecule has 0 spiro atoms. The molecule has 416 valence electrons. The molecule has 5 nitrogen and oxygen atoms in total. The predicted molar refractivity (Wildman–Crippen MR) is 310 cm³/mol. The van der Waals surface area contributed by atoms with E-state index in [1.165, 1.54) is 289 Å². The maximum absolute atomic E-state index is 12.5. The van der Waals surface area contributed by atoms with Crippen molar-refractivity contribution in [3.63, 3.8) is 0 Å². The van der Waals surface area contributed by atoms with Crippen LogP contribution in [-0.2, 0) is 4.79 Å². The Labute approximate surface area is 439 Å². The average Bonchev–Trinajstić information content (AvgIpc) is 3.36. The molecule has 0 aliphatic rings. The lowest BCUT2D eigenvalue weighted by Crippen LogP contribution is -2.50. The van der Waals surface area contributed by atoms with E-state index in [-0.39, 0.29) is 12.5 Å². The van der Waals surface area contributed by atoms with Crippen LogP contribution in [0.25, 0.3) is 0 Å². The summed E-state index contributed by atoms with van der Waals surface area (Å²) in [5.41, 5.74) is 0. The fraction of sp³-hybridized carbons (Fsp3) is 0.923. The number of carbonyl (C=O) groups excluding carboxylic acids is 1. The van der Waals surface area contributed by atoms with Gasteiger partial charge in [0.1, 0.15) is 6.10 Å². The summed E-state index contributed by atoms with van der Waals surface area (Å²) in [4.78, 5) is 12.5. The molecule has 0 fully saturated rings. The fourth-order valence-electron chi connectivity index (χ4n) is 10.4. The Morgan fingerprint density at radius 2 is 0.586 bits per heavy atom. The lowest BCUT2D eigenvalue weighted by molar-refractivity contribution is -0.124. The zero-order valence-corrected chi connectivity index (χ0v) is 47.7. The molecule has 1 amide bonds. The first kappa shape index (κ1) is 68.8. The minimum Gasteiger partial charge on any atom is -0.394 e. The Balaban J connectivity index is 3.48. The summed E-state index contributed by atoms with van der Waals surface area (Å²) in [5, 5.41) is 33.8. The van der Waals surface area contributed by atoms with E-state index in [9.17, 15) is 20.1 Å². The number of nitrogens with one attached hydrogen (secondary N) is 1. The molecular weight excluding hydrogens is 859 g/mol. The third kappa shape index (κ3) is 54.6. The highest BCUT2D eigenvalue weighted by Gasteiger charge is 2.26. The van der Waals surface area contributed by atoms with Gasteiger partial charge in [-0.2, -0.15) is 0 Å². The minimum atomic E-state index is -1.17. The highest BCUT2D eigenvalue weighted by Crippen LogP contribution is 2.19. The molecule has 0 bridgehead atoms. The standard InChI is InChI=1S/C65H127NO4/c1-3-5-7-9-11-13-15-17-19-21-23-25-26-27-28-29-30-31-32-33-34-35-36-37-38-40-42-44-46-48-50-52-54-56-58-60-64(69)66-62(61-67)65(70)63(68)59-57-55-53-51-49-47-45-43-41-39-24-22-20-18-16-14-12-10-8-6-4-2/h43,45,51,53,62-63,65,67-68,70H,3-42,44,46-50,52,54-61H2,1-2H3,(H,66,69)/b45-43+,53-51+. The second-order valence-corrected chi connectivity index (χ2v) is 22.3. The van der Waals surface area contributed by atoms with Gasteiger partial charge in [-0.25, -0.2) is 0 Å². The number of aliphatic hydroxyl groups excluding tert-OH is 3. The molecule has 0 aliphatic carbocycles. The summed E-state index contributed by atoms with van der Waals surface area (Å²) in [6.45, 7) is 4.21. The van der Waals surface area contributed by atoms with Crippen LogP contribution in [0.2, 0.25) is 0 Å². The number of aliphatic hydroxyl groups is 3. The number of hydrogen-bond acceptors (Lipinski definition) is 4. The SMILES string of the molecule is CCCCCCCCCCCCCC/C=C/CC/C=C/CCCC(O)C(O)C(CO)NC(=O)CCCCCCCCCCCCCCCCCCCCCCCCCCCCCCCCCCCCC. The molecular formula is C65H127NO4. The molecule has 5 heteroatoms. The first-order valence-electron chi connectivity index (χ1n) is 32.1. The van der Waals surface area contributed by atoms with Gasteiger partial charge in [-0.15, -0.1) is 0 Å². The number of rotatable bonds is 60. The zero-order chi connectivity index (χ0) is 50.7. The minimum absolute atomic E-state index is 0.151. The van der Waals surface area contributed by atoms with Crippen LogP contribution in [0, 0.1) is 0 Å². The van der Waals surface area contributed by atoms with Crippen LogP contribution in [-0.4, -0.2) is 46.1 Å². The molecule has 3 atom stereocenters. The van der Waals surface area contributed by atoms with Crippen molar-refractivity contribution in [1.29, 1.82) is 0 Å². The van der Waals surface area contributed by atoms with Crippen molar-refractivity contribution < 1.29 is 20.1 Å². The molecule has 70 heavy (non-hydrogen) atoms. The molecule has 0 aromatic heterocycles. The van der Waals surface area contributed by atoms with Gasteiger partial charge in [0.2, 0.25) is 5.91 Å². The third-order valence-corrected chi connectivity index (χ3v) is 15.3. The monoisotopic (exact) mass is 986 g/mol. The van der Waals surface area contributed by atoms with Crippen LogP contribution in [0.1, 0.15) is 361 Å². The number of unbranched alkanes of at least 4 members (excludes halogenated alkanes) is 48. The summed E-state index contributed by atoms with van der Waals surface area (Å²) in [6.07, 6.45) is 78.1.